The molecule has 0 aromatic heterocycles. The summed E-state index contributed by atoms with van der Waals surface area (Å²) in [6.45, 7) is 9.28. The highest BCUT2D eigenvalue weighted by Crippen LogP contribution is 2.48. The van der Waals surface area contributed by atoms with Crippen molar-refractivity contribution in [1.82, 2.24) is 0 Å². The fourth-order valence-corrected chi connectivity index (χ4v) is 5.89. The number of hydrogen-bond acceptors (Lipinski definition) is 4. The van der Waals surface area contributed by atoms with Gasteiger partial charge in [0.2, 0.25) is 0 Å². The highest BCUT2D eigenvalue weighted by atomic mass is 19.1. The fourth-order valence-electron chi connectivity index (χ4n) is 5.89. The van der Waals surface area contributed by atoms with E-state index in [4.69, 9.17) is 9.47 Å². The van der Waals surface area contributed by atoms with E-state index in [0.717, 1.165) is 17.7 Å². The Morgan fingerprint density at radius 1 is 1.02 bits per heavy atom. The van der Waals surface area contributed by atoms with Crippen molar-refractivity contribution in [3.63, 3.8) is 0 Å². The summed E-state index contributed by atoms with van der Waals surface area (Å²) >= 11 is 0. The average Bonchev–Trinajstić information content (AvgIpc) is 3.31. The van der Waals surface area contributed by atoms with E-state index in [1.54, 1.807) is 33.8 Å². The van der Waals surface area contributed by atoms with Crippen molar-refractivity contribution in [3.05, 3.63) is 81.2 Å². The van der Waals surface area contributed by atoms with Crippen LogP contribution in [0.4, 0.5) is 18.9 Å². The summed E-state index contributed by atoms with van der Waals surface area (Å²) in [6, 6.07) is 6.22. The number of carboxylic acids is 1. The van der Waals surface area contributed by atoms with Gasteiger partial charge >= 0.3 is 5.97 Å². The van der Waals surface area contributed by atoms with E-state index in [9.17, 15) is 23.5 Å². The zero-order valence-electron chi connectivity index (χ0n) is 23.7. The molecule has 1 amide bonds. The lowest BCUT2D eigenvalue weighted by Crippen LogP contribution is -2.31. The van der Waals surface area contributed by atoms with E-state index < -0.39 is 46.6 Å². The molecule has 0 bridgehead atoms. The SMILES string of the molecule is Cc1cc2c(c(-c3cc(F)c4c(c3C)CCCO4)c1C(OC(C)(C)C)C(=O)O)CCN2C(=O)c1c(F)cccc1F. The maximum absolute atomic E-state index is 15.5. The molecule has 1 unspecified atom stereocenters. The normalized spacial score (nSPS) is 15.3. The van der Waals surface area contributed by atoms with Gasteiger partial charge in [-0.25, -0.2) is 18.0 Å². The quantitative estimate of drug-likeness (QED) is 0.365. The Bertz CT molecular complexity index is 1560. The van der Waals surface area contributed by atoms with Gasteiger partial charge in [0, 0.05) is 23.4 Å². The Kier molecular flexibility index (Phi) is 7.36. The van der Waals surface area contributed by atoms with Gasteiger partial charge in [-0.3, -0.25) is 4.79 Å². The van der Waals surface area contributed by atoms with Crippen molar-refractivity contribution < 1.29 is 37.3 Å². The molecule has 5 rings (SSSR count). The molecule has 3 aromatic rings. The van der Waals surface area contributed by atoms with Crippen molar-refractivity contribution in [2.75, 3.05) is 18.1 Å². The Morgan fingerprint density at radius 2 is 1.71 bits per heavy atom. The second kappa shape index (κ2) is 10.5. The molecule has 1 N–H and O–H groups in total. The van der Waals surface area contributed by atoms with Crippen molar-refractivity contribution in [3.8, 4) is 16.9 Å². The first-order valence-corrected chi connectivity index (χ1v) is 13.6. The molecule has 41 heavy (non-hydrogen) atoms. The summed E-state index contributed by atoms with van der Waals surface area (Å²) in [5.41, 5.74) is 2.66. The largest absolute Gasteiger partial charge is 0.490 e. The first-order chi connectivity index (χ1) is 19.3. The van der Waals surface area contributed by atoms with E-state index >= 15 is 4.39 Å². The molecule has 9 heteroatoms. The van der Waals surface area contributed by atoms with E-state index in [0.29, 0.717) is 58.5 Å². The van der Waals surface area contributed by atoms with Crippen LogP contribution in [0.25, 0.3) is 11.1 Å². The number of hydrogen-bond donors (Lipinski definition) is 1. The maximum Gasteiger partial charge on any atom is 0.337 e. The number of ether oxygens (including phenoxy) is 2. The highest BCUT2D eigenvalue weighted by molar-refractivity contribution is 6.08. The number of rotatable bonds is 5. The molecule has 2 aliphatic heterocycles. The standard InChI is InChI=1S/C32H32F3NO5/c1-16-14-24-19(11-12-36(24)30(37)27-21(33)9-6-10-22(27)34)26(25(16)29(31(38)39)41-32(3,4)5)20-15-23(35)28-18(17(20)2)8-7-13-40-28/h6,9-10,14-15,29H,7-8,11-13H2,1-5H3,(H,38,39). The summed E-state index contributed by atoms with van der Waals surface area (Å²) in [5, 5.41) is 10.3. The van der Waals surface area contributed by atoms with Gasteiger partial charge in [0.05, 0.1) is 12.2 Å². The van der Waals surface area contributed by atoms with Gasteiger partial charge in [-0.05, 0) is 106 Å². The van der Waals surface area contributed by atoms with Gasteiger partial charge in [0.25, 0.3) is 5.91 Å². The minimum Gasteiger partial charge on any atom is -0.490 e. The molecule has 0 saturated heterocycles. The first-order valence-electron chi connectivity index (χ1n) is 13.6. The smallest absolute Gasteiger partial charge is 0.337 e. The lowest BCUT2D eigenvalue weighted by atomic mass is 9.83. The number of fused-ring (bicyclic) bond motifs is 2. The second-order valence-electron chi connectivity index (χ2n) is 11.5. The Hall–Kier alpha value is -3.85. The fraction of sp³-hybridized carbons (Fsp3) is 0.375. The zero-order valence-corrected chi connectivity index (χ0v) is 23.7. The number of carboxylic acid groups (broad SMARTS) is 1. The summed E-state index contributed by atoms with van der Waals surface area (Å²) in [4.78, 5) is 27.4. The van der Waals surface area contributed by atoms with Crippen molar-refractivity contribution in [2.45, 2.75) is 65.6 Å². The molecular weight excluding hydrogens is 535 g/mol. The third-order valence-electron chi connectivity index (χ3n) is 7.62. The number of carbonyl (C=O) groups excluding carboxylic acids is 1. The lowest BCUT2D eigenvalue weighted by molar-refractivity contribution is -0.160. The minimum atomic E-state index is -1.40. The van der Waals surface area contributed by atoms with E-state index in [2.05, 4.69) is 0 Å². The summed E-state index contributed by atoms with van der Waals surface area (Å²) in [6.07, 6.45) is 0.152. The molecule has 0 spiro atoms. The van der Waals surface area contributed by atoms with Crippen molar-refractivity contribution >= 4 is 17.6 Å². The average molecular weight is 568 g/mol. The molecule has 2 aliphatic rings. The highest BCUT2D eigenvalue weighted by Gasteiger charge is 2.38. The van der Waals surface area contributed by atoms with Crippen LogP contribution >= 0.6 is 0 Å². The number of halogens is 3. The number of nitrogens with zero attached hydrogens (tertiary/aromatic N) is 1. The van der Waals surface area contributed by atoms with Crippen molar-refractivity contribution in [2.24, 2.45) is 0 Å². The van der Waals surface area contributed by atoms with Gasteiger partial charge in [0.1, 0.15) is 17.2 Å². The van der Waals surface area contributed by atoms with Crippen LogP contribution in [-0.2, 0) is 22.4 Å². The van der Waals surface area contributed by atoms with Gasteiger partial charge in [-0.1, -0.05) is 6.07 Å². The van der Waals surface area contributed by atoms with Crippen LogP contribution < -0.4 is 9.64 Å². The predicted molar refractivity (Wildman–Crippen MR) is 148 cm³/mol. The number of aryl methyl sites for hydroxylation is 1. The van der Waals surface area contributed by atoms with E-state index in [-0.39, 0.29) is 18.7 Å². The first kappa shape index (κ1) is 28.7. The number of carbonyl (C=O) groups is 2. The van der Waals surface area contributed by atoms with Gasteiger partial charge in [0.15, 0.2) is 17.7 Å². The molecule has 0 radical (unpaired) electrons. The molecule has 0 aliphatic carbocycles. The van der Waals surface area contributed by atoms with Crippen LogP contribution in [0.15, 0.2) is 30.3 Å². The predicted octanol–water partition coefficient (Wildman–Crippen LogP) is 6.86. The van der Waals surface area contributed by atoms with E-state index in [1.165, 1.54) is 17.0 Å². The van der Waals surface area contributed by atoms with Crippen LogP contribution in [-0.4, -0.2) is 35.7 Å². The minimum absolute atomic E-state index is 0.102. The van der Waals surface area contributed by atoms with Crippen LogP contribution in [0.2, 0.25) is 0 Å². The third kappa shape index (κ3) is 5.07. The van der Waals surface area contributed by atoms with Crippen LogP contribution in [0.5, 0.6) is 5.75 Å². The zero-order chi connectivity index (χ0) is 29.8. The van der Waals surface area contributed by atoms with Gasteiger partial charge in [-0.2, -0.15) is 0 Å². The number of benzene rings is 3. The Labute approximate surface area is 236 Å². The summed E-state index contributed by atoms with van der Waals surface area (Å²) in [5.74, 6) is -4.40. The maximum atomic E-state index is 15.5. The number of aliphatic carboxylic acids is 1. The molecule has 6 nitrogen and oxygen atoms in total. The van der Waals surface area contributed by atoms with Crippen LogP contribution in [0.1, 0.15) is 71.5 Å². The van der Waals surface area contributed by atoms with Gasteiger partial charge < -0.3 is 19.5 Å². The molecular formula is C32H32F3NO5. The topological polar surface area (TPSA) is 76.1 Å². The third-order valence-corrected chi connectivity index (χ3v) is 7.62. The van der Waals surface area contributed by atoms with Crippen LogP contribution in [0, 0.1) is 31.3 Å². The molecule has 0 fully saturated rings. The summed E-state index contributed by atoms with van der Waals surface area (Å²) in [7, 11) is 0. The molecule has 0 saturated carbocycles. The Morgan fingerprint density at radius 3 is 2.34 bits per heavy atom. The van der Waals surface area contributed by atoms with Gasteiger partial charge in [-0.15, -0.1) is 0 Å². The molecule has 3 aromatic carbocycles. The molecule has 216 valence electrons. The van der Waals surface area contributed by atoms with Crippen molar-refractivity contribution in [1.29, 1.82) is 0 Å². The number of anilines is 1. The molecule has 2 heterocycles. The molecule has 1 atom stereocenters. The van der Waals surface area contributed by atoms with Crippen LogP contribution in [0.3, 0.4) is 0 Å². The van der Waals surface area contributed by atoms with E-state index in [1.807, 2.05) is 6.92 Å². The second-order valence-corrected chi connectivity index (χ2v) is 11.5. The monoisotopic (exact) mass is 567 g/mol. The summed E-state index contributed by atoms with van der Waals surface area (Å²) < 4.78 is 56.4. The Balaban J connectivity index is 1.79. The lowest BCUT2D eigenvalue weighted by Gasteiger charge is -2.30. The number of amides is 1.